The summed E-state index contributed by atoms with van der Waals surface area (Å²) in [5.74, 6) is 0.682. The van der Waals surface area contributed by atoms with Crippen molar-refractivity contribution >= 4 is 0 Å². The molecule has 0 saturated heterocycles. The molecular formula is C12H14N2O2. The van der Waals surface area contributed by atoms with Crippen molar-refractivity contribution in [1.82, 2.24) is 9.55 Å². The van der Waals surface area contributed by atoms with Gasteiger partial charge in [0.2, 0.25) is 0 Å². The molecule has 0 saturated carbocycles. The molecule has 4 nitrogen and oxygen atoms in total. The van der Waals surface area contributed by atoms with Crippen LogP contribution in [0, 0.1) is 0 Å². The number of benzene rings is 1. The Bertz CT molecular complexity index is 464. The number of imidazole rings is 1. The van der Waals surface area contributed by atoms with Gasteiger partial charge in [0.25, 0.3) is 0 Å². The fraction of sp³-hybridized carbons (Fsp3) is 0.250. The Morgan fingerprint density at radius 2 is 2.25 bits per heavy atom. The highest BCUT2D eigenvalue weighted by Crippen LogP contribution is 2.30. The van der Waals surface area contributed by atoms with Crippen LogP contribution >= 0.6 is 0 Å². The minimum Gasteiger partial charge on any atom is -0.496 e. The van der Waals surface area contributed by atoms with E-state index < -0.39 is 6.10 Å². The molecule has 2 aromatic rings. The number of methoxy groups -OCH3 is 1. The average Bonchev–Trinajstić information content (AvgIpc) is 2.81. The number of aromatic nitrogens is 2. The molecule has 1 aromatic carbocycles. The van der Waals surface area contributed by atoms with Gasteiger partial charge < -0.3 is 14.4 Å². The van der Waals surface area contributed by atoms with Crippen molar-refractivity contribution in [3.63, 3.8) is 0 Å². The van der Waals surface area contributed by atoms with Crippen LogP contribution in [0.3, 0.4) is 0 Å². The van der Waals surface area contributed by atoms with Gasteiger partial charge in [-0.3, -0.25) is 0 Å². The largest absolute Gasteiger partial charge is 0.496 e. The number of aliphatic hydroxyl groups excluding tert-OH is 1. The maximum atomic E-state index is 9.80. The molecule has 2 rings (SSSR count). The molecule has 0 aliphatic carbocycles. The van der Waals surface area contributed by atoms with E-state index in [0.29, 0.717) is 5.75 Å². The second-order valence-electron chi connectivity index (χ2n) is 3.54. The summed E-state index contributed by atoms with van der Waals surface area (Å²) < 4.78 is 7.10. The summed E-state index contributed by atoms with van der Waals surface area (Å²) in [4.78, 5) is 4.00. The normalized spacial score (nSPS) is 12.4. The van der Waals surface area contributed by atoms with Crippen molar-refractivity contribution in [3.8, 4) is 11.4 Å². The Labute approximate surface area is 94.1 Å². The second kappa shape index (κ2) is 4.37. The summed E-state index contributed by atoms with van der Waals surface area (Å²) in [5, 5.41) is 9.80. The molecule has 0 radical (unpaired) electrons. The van der Waals surface area contributed by atoms with Crippen LogP contribution < -0.4 is 4.74 Å². The number of hydrogen-bond donors (Lipinski definition) is 1. The zero-order valence-electron chi connectivity index (χ0n) is 9.29. The molecular weight excluding hydrogens is 204 g/mol. The molecule has 0 spiro atoms. The highest BCUT2D eigenvalue weighted by atomic mass is 16.5. The Balaban J connectivity index is 2.61. The molecule has 0 unspecified atom stereocenters. The third-order valence-electron chi connectivity index (χ3n) is 2.46. The van der Waals surface area contributed by atoms with E-state index in [2.05, 4.69) is 4.98 Å². The van der Waals surface area contributed by atoms with Crippen LogP contribution in [0.25, 0.3) is 5.69 Å². The highest BCUT2D eigenvalue weighted by Gasteiger charge is 2.14. The van der Waals surface area contributed by atoms with Gasteiger partial charge in [-0.05, 0) is 19.1 Å². The lowest BCUT2D eigenvalue weighted by Crippen LogP contribution is -2.03. The number of rotatable bonds is 3. The Morgan fingerprint density at radius 1 is 1.44 bits per heavy atom. The molecule has 0 aliphatic heterocycles. The lowest BCUT2D eigenvalue weighted by Gasteiger charge is -2.16. The van der Waals surface area contributed by atoms with Gasteiger partial charge in [0.1, 0.15) is 5.75 Å². The van der Waals surface area contributed by atoms with Crippen molar-refractivity contribution in [2.45, 2.75) is 13.0 Å². The quantitative estimate of drug-likeness (QED) is 0.856. The van der Waals surface area contributed by atoms with Gasteiger partial charge in [0.05, 0.1) is 25.2 Å². The van der Waals surface area contributed by atoms with Crippen LogP contribution in [0.15, 0.2) is 36.9 Å². The number of ether oxygens (including phenoxy) is 1. The Kier molecular flexibility index (Phi) is 2.92. The number of nitrogens with zero attached hydrogens (tertiary/aromatic N) is 2. The summed E-state index contributed by atoms with van der Waals surface area (Å²) in [6.45, 7) is 1.72. The highest BCUT2D eigenvalue weighted by molar-refractivity contribution is 5.50. The van der Waals surface area contributed by atoms with Crippen molar-refractivity contribution in [3.05, 3.63) is 42.5 Å². The van der Waals surface area contributed by atoms with Crippen molar-refractivity contribution in [1.29, 1.82) is 0 Å². The van der Waals surface area contributed by atoms with E-state index in [1.807, 2.05) is 29.0 Å². The van der Waals surface area contributed by atoms with Crippen LogP contribution in [0.1, 0.15) is 18.6 Å². The molecule has 0 bridgehead atoms. The minimum absolute atomic E-state index is 0.589. The van der Waals surface area contributed by atoms with E-state index in [-0.39, 0.29) is 0 Å². The monoisotopic (exact) mass is 218 g/mol. The third kappa shape index (κ3) is 1.79. The van der Waals surface area contributed by atoms with Crippen LogP contribution in [0.4, 0.5) is 0 Å². The van der Waals surface area contributed by atoms with Crippen molar-refractivity contribution in [2.24, 2.45) is 0 Å². The molecule has 16 heavy (non-hydrogen) atoms. The van der Waals surface area contributed by atoms with Gasteiger partial charge in [-0.15, -0.1) is 0 Å². The van der Waals surface area contributed by atoms with Gasteiger partial charge in [-0.1, -0.05) is 6.07 Å². The van der Waals surface area contributed by atoms with Crippen LogP contribution in [0.5, 0.6) is 5.75 Å². The lowest BCUT2D eigenvalue weighted by molar-refractivity contribution is 0.194. The molecule has 1 N–H and O–H groups in total. The first-order valence-corrected chi connectivity index (χ1v) is 5.07. The fourth-order valence-corrected chi connectivity index (χ4v) is 1.76. The van der Waals surface area contributed by atoms with E-state index >= 15 is 0 Å². The first kappa shape index (κ1) is 10.7. The van der Waals surface area contributed by atoms with Crippen LogP contribution in [-0.2, 0) is 0 Å². The van der Waals surface area contributed by atoms with E-state index in [1.165, 1.54) is 0 Å². The van der Waals surface area contributed by atoms with E-state index in [0.717, 1.165) is 11.3 Å². The molecule has 84 valence electrons. The standard InChI is InChI=1S/C12H14N2O2/c1-9(15)12-10(14-7-6-13-8-14)4-3-5-11(12)16-2/h3-9,15H,1-2H3/t9-/m0/s1. The fourth-order valence-electron chi connectivity index (χ4n) is 1.76. The molecule has 0 amide bonds. The first-order valence-electron chi connectivity index (χ1n) is 5.07. The minimum atomic E-state index is -0.589. The van der Waals surface area contributed by atoms with Crippen LogP contribution in [0.2, 0.25) is 0 Å². The second-order valence-corrected chi connectivity index (χ2v) is 3.54. The molecule has 0 fully saturated rings. The number of hydrogen-bond acceptors (Lipinski definition) is 3. The summed E-state index contributed by atoms with van der Waals surface area (Å²) >= 11 is 0. The van der Waals surface area contributed by atoms with Gasteiger partial charge >= 0.3 is 0 Å². The van der Waals surface area contributed by atoms with E-state index in [4.69, 9.17) is 4.74 Å². The zero-order valence-corrected chi connectivity index (χ0v) is 9.29. The average molecular weight is 218 g/mol. The van der Waals surface area contributed by atoms with Crippen molar-refractivity contribution in [2.75, 3.05) is 7.11 Å². The van der Waals surface area contributed by atoms with E-state index in [1.54, 1.807) is 26.6 Å². The lowest BCUT2D eigenvalue weighted by atomic mass is 10.1. The SMILES string of the molecule is COc1cccc(-n2ccnc2)c1[C@H](C)O. The van der Waals surface area contributed by atoms with Gasteiger partial charge in [0, 0.05) is 18.0 Å². The van der Waals surface area contributed by atoms with Crippen molar-refractivity contribution < 1.29 is 9.84 Å². The predicted octanol–water partition coefficient (Wildman–Crippen LogP) is 1.93. The summed E-state index contributed by atoms with van der Waals surface area (Å²) in [6.07, 6.45) is 4.64. The zero-order chi connectivity index (χ0) is 11.5. The van der Waals surface area contributed by atoms with E-state index in [9.17, 15) is 5.11 Å². The molecule has 4 heteroatoms. The molecule has 0 aliphatic rings. The first-order chi connectivity index (χ1) is 7.74. The summed E-state index contributed by atoms with van der Waals surface area (Å²) in [5.41, 5.74) is 1.65. The summed E-state index contributed by atoms with van der Waals surface area (Å²) in [7, 11) is 1.60. The molecule has 1 atom stereocenters. The topological polar surface area (TPSA) is 47.3 Å². The van der Waals surface area contributed by atoms with Gasteiger partial charge in [-0.2, -0.15) is 0 Å². The predicted molar refractivity (Wildman–Crippen MR) is 60.7 cm³/mol. The van der Waals surface area contributed by atoms with Gasteiger partial charge in [0.15, 0.2) is 0 Å². The number of aliphatic hydroxyl groups is 1. The summed E-state index contributed by atoms with van der Waals surface area (Å²) in [6, 6.07) is 5.65. The Hall–Kier alpha value is -1.81. The maximum absolute atomic E-state index is 9.80. The smallest absolute Gasteiger partial charge is 0.126 e. The third-order valence-corrected chi connectivity index (χ3v) is 2.46. The molecule has 1 aromatic heterocycles. The van der Waals surface area contributed by atoms with Crippen LogP contribution in [-0.4, -0.2) is 21.8 Å². The Morgan fingerprint density at radius 3 is 2.81 bits per heavy atom. The van der Waals surface area contributed by atoms with Gasteiger partial charge in [-0.25, -0.2) is 4.98 Å². The molecule has 1 heterocycles. The maximum Gasteiger partial charge on any atom is 0.126 e.